The Balaban J connectivity index is 2.13. The normalized spacial score (nSPS) is 17.7. The van der Waals surface area contributed by atoms with Gasteiger partial charge in [0, 0.05) is 10.5 Å². The highest BCUT2D eigenvalue weighted by Crippen LogP contribution is 2.31. The summed E-state index contributed by atoms with van der Waals surface area (Å²) >= 11 is 3.48. The Labute approximate surface area is 124 Å². The molecule has 0 bridgehead atoms. The molecule has 1 aliphatic carbocycles. The fourth-order valence-electron chi connectivity index (χ4n) is 3.02. The van der Waals surface area contributed by atoms with Crippen molar-refractivity contribution >= 4 is 21.6 Å². The molecule has 19 heavy (non-hydrogen) atoms. The molecule has 0 saturated heterocycles. The highest BCUT2D eigenvalue weighted by molar-refractivity contribution is 9.10. The largest absolute Gasteiger partial charge is 0.381 e. The summed E-state index contributed by atoms with van der Waals surface area (Å²) in [5, 5.41) is 12.8. The molecule has 1 atom stereocenters. The molecule has 0 amide bonds. The second kappa shape index (κ2) is 6.96. The lowest BCUT2D eigenvalue weighted by atomic mass is 9.83. The van der Waals surface area contributed by atoms with Crippen LogP contribution in [0.25, 0.3) is 0 Å². The smallest absolute Gasteiger partial charge is 0.101 e. The Hall–Kier alpha value is -1.01. The van der Waals surface area contributed by atoms with Crippen LogP contribution in [-0.4, -0.2) is 6.04 Å². The van der Waals surface area contributed by atoms with Crippen LogP contribution in [0.15, 0.2) is 22.7 Å². The first-order chi connectivity index (χ1) is 9.24. The van der Waals surface area contributed by atoms with Crippen LogP contribution in [0.4, 0.5) is 5.69 Å². The first-order valence-electron chi connectivity index (χ1n) is 7.20. The minimum Gasteiger partial charge on any atom is -0.381 e. The molecule has 0 radical (unpaired) electrons. The van der Waals surface area contributed by atoms with Gasteiger partial charge in [-0.1, -0.05) is 42.1 Å². The lowest BCUT2D eigenvalue weighted by molar-refractivity contribution is 0.313. The van der Waals surface area contributed by atoms with E-state index in [1.165, 1.54) is 32.1 Å². The van der Waals surface area contributed by atoms with E-state index in [9.17, 15) is 5.26 Å². The lowest BCUT2D eigenvalue weighted by Crippen LogP contribution is -2.30. The summed E-state index contributed by atoms with van der Waals surface area (Å²) in [4.78, 5) is 0. The molecule has 0 aromatic heterocycles. The van der Waals surface area contributed by atoms with Gasteiger partial charge in [-0.3, -0.25) is 0 Å². The maximum Gasteiger partial charge on any atom is 0.101 e. The zero-order valence-corrected chi connectivity index (χ0v) is 13.0. The number of nitriles is 1. The summed E-state index contributed by atoms with van der Waals surface area (Å²) in [7, 11) is 0. The second-order valence-corrected chi connectivity index (χ2v) is 6.27. The molecule has 2 rings (SSSR count). The zero-order valence-electron chi connectivity index (χ0n) is 11.5. The van der Waals surface area contributed by atoms with E-state index < -0.39 is 0 Å². The third-order valence-corrected chi connectivity index (χ3v) is 4.59. The Bertz CT molecular complexity index is 458. The summed E-state index contributed by atoms with van der Waals surface area (Å²) in [6, 6.07) is 8.57. The summed E-state index contributed by atoms with van der Waals surface area (Å²) in [5.74, 6) is 0.754. The van der Waals surface area contributed by atoms with Crippen LogP contribution in [0.3, 0.4) is 0 Å². The Morgan fingerprint density at radius 1 is 1.37 bits per heavy atom. The summed E-state index contributed by atoms with van der Waals surface area (Å²) in [6.45, 7) is 2.23. The van der Waals surface area contributed by atoms with Gasteiger partial charge in [-0.15, -0.1) is 0 Å². The van der Waals surface area contributed by atoms with E-state index >= 15 is 0 Å². The topological polar surface area (TPSA) is 35.8 Å². The van der Waals surface area contributed by atoms with Crippen LogP contribution in [0.2, 0.25) is 0 Å². The van der Waals surface area contributed by atoms with Gasteiger partial charge in [0.25, 0.3) is 0 Å². The minimum absolute atomic E-state index is 0.488. The predicted molar refractivity (Wildman–Crippen MR) is 83.1 cm³/mol. The second-order valence-electron chi connectivity index (χ2n) is 5.36. The highest BCUT2D eigenvalue weighted by atomic mass is 79.9. The fourth-order valence-corrected chi connectivity index (χ4v) is 3.38. The molecule has 1 saturated carbocycles. The molecule has 1 aliphatic rings. The molecule has 102 valence electrons. The monoisotopic (exact) mass is 320 g/mol. The number of rotatable bonds is 4. The average Bonchev–Trinajstić information content (AvgIpc) is 2.46. The van der Waals surface area contributed by atoms with E-state index in [4.69, 9.17) is 0 Å². The standard InChI is InChI=1S/C16H21BrN2/c1-2-15(12-6-4-3-5-7-12)19-16-10-14(17)9-8-13(16)11-18/h8-10,12,15,19H,2-7H2,1H3. The Kier molecular flexibility index (Phi) is 5.27. The Morgan fingerprint density at radius 2 is 2.11 bits per heavy atom. The fraction of sp³-hybridized carbons (Fsp3) is 0.562. The van der Waals surface area contributed by atoms with E-state index in [-0.39, 0.29) is 0 Å². The van der Waals surface area contributed by atoms with Gasteiger partial charge < -0.3 is 5.32 Å². The van der Waals surface area contributed by atoms with Crippen molar-refractivity contribution in [2.75, 3.05) is 5.32 Å². The number of nitrogens with one attached hydrogen (secondary N) is 1. The maximum atomic E-state index is 9.20. The molecule has 1 N–H and O–H groups in total. The number of hydrogen-bond acceptors (Lipinski definition) is 2. The van der Waals surface area contributed by atoms with Gasteiger partial charge in [-0.05, 0) is 43.4 Å². The van der Waals surface area contributed by atoms with E-state index in [2.05, 4.69) is 34.2 Å². The quantitative estimate of drug-likeness (QED) is 0.838. The van der Waals surface area contributed by atoms with Crippen LogP contribution in [0, 0.1) is 17.2 Å². The first-order valence-corrected chi connectivity index (χ1v) is 8.00. The molecular weight excluding hydrogens is 300 g/mol. The van der Waals surface area contributed by atoms with Crippen LogP contribution in [0.5, 0.6) is 0 Å². The van der Waals surface area contributed by atoms with Crippen molar-refractivity contribution in [3.8, 4) is 6.07 Å². The molecule has 1 aromatic rings. The van der Waals surface area contributed by atoms with Crippen LogP contribution in [0.1, 0.15) is 51.0 Å². The van der Waals surface area contributed by atoms with Crippen LogP contribution >= 0.6 is 15.9 Å². The van der Waals surface area contributed by atoms with Gasteiger partial charge in [-0.25, -0.2) is 0 Å². The van der Waals surface area contributed by atoms with Crippen molar-refractivity contribution in [1.29, 1.82) is 5.26 Å². The van der Waals surface area contributed by atoms with E-state index in [0.29, 0.717) is 6.04 Å². The van der Waals surface area contributed by atoms with E-state index in [1.54, 1.807) is 0 Å². The zero-order chi connectivity index (χ0) is 13.7. The molecule has 2 nitrogen and oxygen atoms in total. The van der Waals surface area contributed by atoms with Crippen molar-refractivity contribution in [3.05, 3.63) is 28.2 Å². The number of hydrogen-bond donors (Lipinski definition) is 1. The molecule has 1 aromatic carbocycles. The number of halogens is 1. The molecule has 0 spiro atoms. The van der Waals surface area contributed by atoms with Crippen molar-refractivity contribution in [2.24, 2.45) is 5.92 Å². The molecule has 0 heterocycles. The number of anilines is 1. The average molecular weight is 321 g/mol. The molecule has 0 aliphatic heterocycles. The van der Waals surface area contributed by atoms with Gasteiger partial charge in [0.2, 0.25) is 0 Å². The van der Waals surface area contributed by atoms with Crippen LogP contribution < -0.4 is 5.32 Å². The van der Waals surface area contributed by atoms with Gasteiger partial charge in [-0.2, -0.15) is 5.26 Å². The molecule has 3 heteroatoms. The van der Waals surface area contributed by atoms with Crippen molar-refractivity contribution in [3.63, 3.8) is 0 Å². The summed E-state index contributed by atoms with van der Waals surface area (Å²) < 4.78 is 1.02. The molecule has 1 unspecified atom stereocenters. The maximum absolute atomic E-state index is 9.20. The van der Waals surface area contributed by atoms with Gasteiger partial charge in [0.05, 0.1) is 11.3 Å². The summed E-state index contributed by atoms with van der Waals surface area (Å²) in [6.07, 6.45) is 7.84. The third-order valence-electron chi connectivity index (χ3n) is 4.10. The minimum atomic E-state index is 0.488. The molecule has 1 fully saturated rings. The SMILES string of the molecule is CCC(Nc1cc(Br)ccc1C#N)C1CCCCC1. The van der Waals surface area contributed by atoms with Crippen molar-refractivity contribution < 1.29 is 0 Å². The number of benzene rings is 1. The van der Waals surface area contributed by atoms with Crippen LogP contribution in [-0.2, 0) is 0 Å². The van der Waals surface area contributed by atoms with Gasteiger partial charge in [0.15, 0.2) is 0 Å². The number of nitrogens with zero attached hydrogens (tertiary/aromatic N) is 1. The van der Waals surface area contributed by atoms with Gasteiger partial charge >= 0.3 is 0 Å². The van der Waals surface area contributed by atoms with E-state index in [1.807, 2.05) is 18.2 Å². The highest BCUT2D eigenvalue weighted by Gasteiger charge is 2.22. The van der Waals surface area contributed by atoms with Gasteiger partial charge in [0.1, 0.15) is 6.07 Å². The third kappa shape index (κ3) is 3.73. The predicted octanol–water partition coefficient (Wildman–Crippen LogP) is 5.09. The van der Waals surface area contributed by atoms with Crippen molar-refractivity contribution in [2.45, 2.75) is 51.5 Å². The van der Waals surface area contributed by atoms with Crippen molar-refractivity contribution in [1.82, 2.24) is 0 Å². The molecular formula is C16H21BrN2. The van der Waals surface area contributed by atoms with E-state index in [0.717, 1.165) is 28.1 Å². The Morgan fingerprint density at radius 3 is 2.74 bits per heavy atom. The summed E-state index contributed by atoms with van der Waals surface area (Å²) in [5.41, 5.74) is 1.70. The lowest BCUT2D eigenvalue weighted by Gasteiger charge is -2.31. The first kappa shape index (κ1) is 14.4.